The highest BCUT2D eigenvalue weighted by Crippen LogP contribution is 2.40. The molecule has 5 rings (SSSR count). The Kier molecular flexibility index (Phi) is 7.37. The average Bonchev–Trinajstić information content (AvgIpc) is 3.29. The zero-order valence-electron chi connectivity index (χ0n) is 20.6. The number of nitrogens with one attached hydrogen (secondary N) is 2. The smallest absolute Gasteiger partial charge is 0.258 e. The Balaban J connectivity index is 1.34. The van der Waals surface area contributed by atoms with E-state index in [1.807, 2.05) is 17.4 Å². The lowest BCUT2D eigenvalue weighted by atomic mass is 9.88. The Morgan fingerprint density at radius 2 is 1.74 bits per heavy atom. The summed E-state index contributed by atoms with van der Waals surface area (Å²) >= 11 is 1.85. The molecule has 35 heavy (non-hydrogen) atoms. The number of aromatic nitrogens is 2. The second kappa shape index (κ2) is 10.8. The topological polar surface area (TPSA) is 85.4 Å². The van der Waals surface area contributed by atoms with Crippen LogP contribution in [0.25, 0.3) is 10.2 Å². The highest BCUT2D eigenvalue weighted by atomic mass is 32.1. The third-order valence-corrected chi connectivity index (χ3v) is 8.35. The van der Waals surface area contributed by atoms with E-state index in [0.29, 0.717) is 36.1 Å². The van der Waals surface area contributed by atoms with Gasteiger partial charge in [-0.15, -0.1) is 11.3 Å². The fourth-order valence-electron chi connectivity index (χ4n) is 5.37. The molecule has 0 radical (unpaired) electrons. The van der Waals surface area contributed by atoms with E-state index in [1.54, 1.807) is 26.4 Å². The molecule has 0 aliphatic heterocycles. The Morgan fingerprint density at radius 3 is 2.49 bits per heavy atom. The summed E-state index contributed by atoms with van der Waals surface area (Å²) in [4.78, 5) is 25.6. The van der Waals surface area contributed by atoms with Crippen LogP contribution in [-0.4, -0.2) is 43.2 Å². The van der Waals surface area contributed by atoms with Crippen molar-refractivity contribution >= 4 is 33.3 Å². The van der Waals surface area contributed by atoms with Crippen LogP contribution >= 0.6 is 11.3 Å². The van der Waals surface area contributed by atoms with Crippen molar-refractivity contribution in [2.45, 2.75) is 63.7 Å². The number of fused-ring (bicyclic) bond motifs is 3. The van der Waals surface area contributed by atoms with Gasteiger partial charge in [0.05, 0.1) is 19.6 Å². The maximum absolute atomic E-state index is 12.9. The molecule has 186 valence electrons. The predicted octanol–water partition coefficient (Wildman–Crippen LogP) is 5.48. The van der Waals surface area contributed by atoms with Gasteiger partial charge >= 0.3 is 0 Å². The summed E-state index contributed by atoms with van der Waals surface area (Å²) < 4.78 is 10.8. The van der Waals surface area contributed by atoms with E-state index in [-0.39, 0.29) is 5.91 Å². The Labute approximate surface area is 210 Å². The molecule has 2 N–H and O–H groups in total. The van der Waals surface area contributed by atoms with Crippen LogP contribution in [0.4, 0.5) is 5.82 Å². The van der Waals surface area contributed by atoms with Crippen molar-refractivity contribution in [3.05, 3.63) is 40.0 Å². The molecule has 1 saturated carbocycles. The maximum atomic E-state index is 12.9. The summed E-state index contributed by atoms with van der Waals surface area (Å²) in [5.74, 6) is 3.14. The van der Waals surface area contributed by atoms with E-state index in [0.717, 1.165) is 29.3 Å². The lowest BCUT2D eigenvalue weighted by Gasteiger charge is -2.21. The van der Waals surface area contributed by atoms with Crippen LogP contribution < -0.4 is 20.1 Å². The number of thiophene rings is 1. The van der Waals surface area contributed by atoms with E-state index >= 15 is 0 Å². The number of carbonyl (C=O) groups is 1. The van der Waals surface area contributed by atoms with Crippen LogP contribution in [0.3, 0.4) is 0 Å². The summed E-state index contributed by atoms with van der Waals surface area (Å²) in [6.07, 6.45) is 10.9. The number of hydrogen-bond acceptors (Lipinski definition) is 7. The minimum atomic E-state index is -0.218. The molecular weight excluding hydrogens is 460 g/mol. The number of rotatable bonds is 8. The Hall–Kier alpha value is -2.87. The summed E-state index contributed by atoms with van der Waals surface area (Å²) in [6.45, 7) is 1.03. The highest BCUT2D eigenvalue weighted by molar-refractivity contribution is 7.19. The molecule has 3 aromatic rings. The minimum absolute atomic E-state index is 0.218. The number of aryl methyl sites for hydroxylation is 2. The SMILES string of the molecule is COc1cccc(OC)c1C(=O)NCCNc1nc(C2CCCCC2)nc2sc3c(c12)CCCC3. The van der Waals surface area contributed by atoms with Crippen LogP contribution in [0.15, 0.2) is 18.2 Å². The summed E-state index contributed by atoms with van der Waals surface area (Å²) in [6, 6.07) is 5.33. The van der Waals surface area contributed by atoms with Gasteiger partial charge in [-0.1, -0.05) is 25.3 Å². The van der Waals surface area contributed by atoms with Crippen molar-refractivity contribution in [2.24, 2.45) is 0 Å². The molecule has 0 unspecified atom stereocenters. The second-order valence-electron chi connectivity index (χ2n) is 9.38. The molecule has 0 saturated heterocycles. The molecule has 2 aliphatic carbocycles. The number of nitrogens with zero attached hydrogens (tertiary/aromatic N) is 2. The Bertz CT molecular complexity index is 1180. The lowest BCUT2D eigenvalue weighted by molar-refractivity contribution is 0.0949. The highest BCUT2D eigenvalue weighted by Gasteiger charge is 2.25. The molecule has 7 nitrogen and oxygen atoms in total. The number of benzene rings is 1. The van der Waals surface area contributed by atoms with Crippen LogP contribution in [-0.2, 0) is 12.8 Å². The second-order valence-corrected chi connectivity index (χ2v) is 10.5. The van der Waals surface area contributed by atoms with Gasteiger partial charge in [0.1, 0.15) is 33.5 Å². The molecule has 1 amide bonds. The molecule has 1 aromatic carbocycles. The normalized spacial score (nSPS) is 16.1. The van der Waals surface area contributed by atoms with Crippen LogP contribution in [0, 0.1) is 0 Å². The largest absolute Gasteiger partial charge is 0.496 e. The number of anilines is 1. The van der Waals surface area contributed by atoms with Crippen LogP contribution in [0.2, 0.25) is 0 Å². The van der Waals surface area contributed by atoms with Gasteiger partial charge in [-0.05, 0) is 56.2 Å². The van der Waals surface area contributed by atoms with Gasteiger partial charge in [-0.25, -0.2) is 9.97 Å². The third-order valence-electron chi connectivity index (χ3n) is 7.16. The monoisotopic (exact) mass is 494 g/mol. The van der Waals surface area contributed by atoms with E-state index in [1.165, 1.54) is 60.8 Å². The molecule has 0 spiro atoms. The quantitative estimate of drug-likeness (QED) is 0.404. The maximum Gasteiger partial charge on any atom is 0.258 e. The van der Waals surface area contributed by atoms with Gasteiger partial charge < -0.3 is 20.1 Å². The summed E-state index contributed by atoms with van der Waals surface area (Å²) in [5, 5.41) is 7.74. The van der Waals surface area contributed by atoms with Crippen LogP contribution in [0.5, 0.6) is 11.5 Å². The Morgan fingerprint density at radius 1 is 1.00 bits per heavy atom. The first-order valence-electron chi connectivity index (χ1n) is 12.7. The number of ether oxygens (including phenoxy) is 2. The molecule has 2 heterocycles. The predicted molar refractivity (Wildman–Crippen MR) is 140 cm³/mol. The number of methoxy groups -OCH3 is 2. The molecule has 0 atom stereocenters. The van der Waals surface area contributed by atoms with Crippen molar-refractivity contribution in [3.63, 3.8) is 0 Å². The third kappa shape index (κ3) is 4.94. The molecule has 2 aliphatic rings. The van der Waals surface area contributed by atoms with Gasteiger partial charge in [0.25, 0.3) is 5.91 Å². The standard InChI is InChI=1S/C27H34N4O3S/c1-33-19-12-8-13-20(34-2)23(19)26(32)29-16-15-28-25-22-18-11-6-7-14-21(18)35-27(22)31-24(30-25)17-9-4-3-5-10-17/h8,12-13,17H,3-7,9-11,14-16H2,1-2H3,(H,29,32)(H,28,30,31). The van der Waals surface area contributed by atoms with Crippen molar-refractivity contribution < 1.29 is 14.3 Å². The number of hydrogen-bond donors (Lipinski definition) is 2. The van der Waals surface area contributed by atoms with E-state index < -0.39 is 0 Å². The zero-order valence-corrected chi connectivity index (χ0v) is 21.4. The first-order chi connectivity index (χ1) is 17.2. The van der Waals surface area contributed by atoms with Crippen LogP contribution in [0.1, 0.15) is 77.5 Å². The van der Waals surface area contributed by atoms with Crippen molar-refractivity contribution in [1.82, 2.24) is 15.3 Å². The van der Waals surface area contributed by atoms with Gasteiger partial charge in [-0.3, -0.25) is 4.79 Å². The van der Waals surface area contributed by atoms with Gasteiger partial charge in [0, 0.05) is 23.9 Å². The molecule has 8 heteroatoms. The first-order valence-corrected chi connectivity index (χ1v) is 13.6. The number of carbonyl (C=O) groups excluding carboxylic acids is 1. The number of amides is 1. The molecular formula is C27H34N4O3S. The van der Waals surface area contributed by atoms with E-state index in [2.05, 4.69) is 10.6 Å². The average molecular weight is 495 g/mol. The van der Waals surface area contributed by atoms with Crippen molar-refractivity contribution in [2.75, 3.05) is 32.6 Å². The zero-order chi connectivity index (χ0) is 24.2. The fourth-order valence-corrected chi connectivity index (χ4v) is 6.63. The first kappa shape index (κ1) is 23.9. The summed E-state index contributed by atoms with van der Waals surface area (Å²) in [5.41, 5.74) is 1.84. The van der Waals surface area contributed by atoms with E-state index in [4.69, 9.17) is 19.4 Å². The molecule has 1 fully saturated rings. The molecule has 0 bridgehead atoms. The van der Waals surface area contributed by atoms with Gasteiger partial charge in [0.15, 0.2) is 0 Å². The van der Waals surface area contributed by atoms with Crippen molar-refractivity contribution in [1.29, 1.82) is 0 Å². The van der Waals surface area contributed by atoms with Gasteiger partial charge in [0.2, 0.25) is 0 Å². The lowest BCUT2D eigenvalue weighted by Crippen LogP contribution is -2.29. The fraction of sp³-hybridized carbons (Fsp3) is 0.519. The van der Waals surface area contributed by atoms with E-state index in [9.17, 15) is 4.79 Å². The minimum Gasteiger partial charge on any atom is -0.496 e. The van der Waals surface area contributed by atoms with Crippen molar-refractivity contribution in [3.8, 4) is 11.5 Å². The van der Waals surface area contributed by atoms with Gasteiger partial charge in [-0.2, -0.15) is 0 Å². The molecule has 2 aromatic heterocycles. The summed E-state index contributed by atoms with van der Waals surface area (Å²) in [7, 11) is 3.11.